The Morgan fingerprint density at radius 3 is 2.60 bits per heavy atom. The van der Waals surface area contributed by atoms with E-state index in [-0.39, 0.29) is 4.90 Å². The molecule has 1 heterocycles. The summed E-state index contributed by atoms with van der Waals surface area (Å²) in [4.78, 5) is 4.30. The van der Waals surface area contributed by atoms with Gasteiger partial charge in [0.05, 0.1) is 10.4 Å². The minimum atomic E-state index is -3.70. The van der Waals surface area contributed by atoms with Crippen LogP contribution >= 0.6 is 0 Å². The number of hydrogen-bond acceptors (Lipinski definition) is 3. The fourth-order valence-electron chi connectivity index (χ4n) is 1.59. The van der Waals surface area contributed by atoms with Crippen molar-refractivity contribution in [3.63, 3.8) is 0 Å². The summed E-state index contributed by atoms with van der Waals surface area (Å²) >= 11 is 0. The molecule has 0 amide bonds. The quantitative estimate of drug-likeness (QED) is 0.787. The lowest BCUT2D eigenvalue weighted by atomic mass is 10.2. The average Bonchev–Trinajstić information content (AvgIpc) is 2.15. The highest BCUT2D eigenvalue weighted by Gasteiger charge is 2.15. The third-order valence-electron chi connectivity index (χ3n) is 2.19. The number of para-hydroxylation sites is 1. The van der Waals surface area contributed by atoms with E-state index in [9.17, 15) is 8.42 Å². The normalized spacial score (nSPS) is 11.9. The first kappa shape index (κ1) is 10.1. The molecule has 0 saturated carbocycles. The fraction of sp³-hybridized carbons (Fsp3) is 0.100. The SMILES string of the molecule is Cc1cnc2ccccc2c1S(N)(=O)=O. The van der Waals surface area contributed by atoms with Crippen molar-refractivity contribution < 1.29 is 8.42 Å². The second kappa shape index (κ2) is 3.29. The van der Waals surface area contributed by atoms with Crippen LogP contribution in [-0.2, 0) is 10.0 Å². The number of fused-ring (bicyclic) bond motifs is 1. The molecule has 1 aromatic heterocycles. The van der Waals surface area contributed by atoms with Crippen molar-refractivity contribution in [3.8, 4) is 0 Å². The second-order valence-electron chi connectivity index (χ2n) is 3.33. The van der Waals surface area contributed by atoms with Crippen LogP contribution in [-0.4, -0.2) is 13.4 Å². The Morgan fingerprint density at radius 1 is 1.27 bits per heavy atom. The zero-order valence-corrected chi connectivity index (χ0v) is 8.95. The Morgan fingerprint density at radius 2 is 1.93 bits per heavy atom. The lowest BCUT2D eigenvalue weighted by Crippen LogP contribution is -2.14. The summed E-state index contributed by atoms with van der Waals surface area (Å²) in [6.07, 6.45) is 1.52. The summed E-state index contributed by atoms with van der Waals surface area (Å²) in [7, 11) is -3.70. The van der Waals surface area contributed by atoms with Gasteiger partial charge in [-0.05, 0) is 18.6 Å². The molecule has 0 atom stereocenters. The zero-order chi connectivity index (χ0) is 11.1. The molecule has 78 valence electrons. The van der Waals surface area contributed by atoms with E-state index < -0.39 is 10.0 Å². The molecule has 0 radical (unpaired) electrons. The summed E-state index contributed by atoms with van der Waals surface area (Å²) in [5.41, 5.74) is 1.20. The predicted molar refractivity (Wildman–Crippen MR) is 57.9 cm³/mol. The molecule has 0 aliphatic rings. The largest absolute Gasteiger partial charge is 0.256 e. The maximum absolute atomic E-state index is 11.4. The molecule has 2 aromatic rings. The number of nitrogens with two attached hydrogens (primary N) is 1. The van der Waals surface area contributed by atoms with Crippen molar-refractivity contribution in [3.05, 3.63) is 36.0 Å². The number of nitrogens with zero attached hydrogens (tertiary/aromatic N) is 1. The number of sulfonamides is 1. The number of rotatable bonds is 1. The molecule has 0 saturated heterocycles. The van der Waals surface area contributed by atoms with Gasteiger partial charge in [-0.1, -0.05) is 18.2 Å². The Balaban J connectivity index is 2.99. The van der Waals surface area contributed by atoms with Crippen molar-refractivity contribution in [2.45, 2.75) is 11.8 Å². The van der Waals surface area contributed by atoms with Crippen LogP contribution in [0, 0.1) is 6.92 Å². The lowest BCUT2D eigenvalue weighted by molar-refractivity contribution is 0.598. The third-order valence-corrected chi connectivity index (χ3v) is 3.30. The number of aromatic nitrogens is 1. The Labute approximate surface area is 87.8 Å². The van der Waals surface area contributed by atoms with Gasteiger partial charge in [0.25, 0.3) is 0 Å². The minimum Gasteiger partial charge on any atom is -0.256 e. The molecule has 4 nitrogen and oxygen atoms in total. The van der Waals surface area contributed by atoms with Crippen molar-refractivity contribution in [1.82, 2.24) is 4.98 Å². The maximum atomic E-state index is 11.4. The standard InChI is InChI=1S/C10H10N2O2S/c1-7-6-12-9-5-3-2-4-8(9)10(7)15(11,13)14/h2-6H,1H3,(H2,11,13,14). The summed E-state index contributed by atoms with van der Waals surface area (Å²) in [6.45, 7) is 1.68. The van der Waals surface area contributed by atoms with Crippen LogP contribution in [0.3, 0.4) is 0 Å². The maximum Gasteiger partial charge on any atom is 0.239 e. The van der Waals surface area contributed by atoms with Gasteiger partial charge in [0.15, 0.2) is 0 Å². The molecule has 2 rings (SSSR count). The van der Waals surface area contributed by atoms with Crippen LogP contribution in [0.4, 0.5) is 0 Å². The number of aryl methyl sites for hydroxylation is 1. The van der Waals surface area contributed by atoms with Crippen LogP contribution < -0.4 is 5.14 Å². The molecule has 1 aromatic carbocycles. The number of benzene rings is 1. The lowest BCUT2D eigenvalue weighted by Gasteiger charge is -2.06. The van der Waals surface area contributed by atoms with Gasteiger partial charge < -0.3 is 0 Å². The topological polar surface area (TPSA) is 73.0 Å². The van der Waals surface area contributed by atoms with E-state index in [4.69, 9.17) is 5.14 Å². The number of hydrogen-bond donors (Lipinski definition) is 1. The van der Waals surface area contributed by atoms with Crippen molar-refractivity contribution in [2.24, 2.45) is 5.14 Å². The molecule has 0 aliphatic carbocycles. The van der Waals surface area contributed by atoms with Gasteiger partial charge in [0.2, 0.25) is 10.0 Å². The molecule has 15 heavy (non-hydrogen) atoms. The minimum absolute atomic E-state index is 0.160. The van der Waals surface area contributed by atoms with Gasteiger partial charge in [-0.3, -0.25) is 4.98 Å². The highest BCUT2D eigenvalue weighted by Crippen LogP contribution is 2.23. The van der Waals surface area contributed by atoms with Gasteiger partial charge in [0.1, 0.15) is 0 Å². The van der Waals surface area contributed by atoms with Crippen LogP contribution in [0.2, 0.25) is 0 Å². The van der Waals surface area contributed by atoms with Crippen LogP contribution in [0.1, 0.15) is 5.56 Å². The summed E-state index contributed by atoms with van der Waals surface area (Å²) in [5.74, 6) is 0. The van der Waals surface area contributed by atoms with Crippen LogP contribution in [0.5, 0.6) is 0 Å². The van der Waals surface area contributed by atoms with Crippen LogP contribution in [0.15, 0.2) is 35.4 Å². The summed E-state index contributed by atoms with van der Waals surface area (Å²) < 4.78 is 22.8. The first-order valence-electron chi connectivity index (χ1n) is 4.37. The van der Waals surface area contributed by atoms with E-state index in [2.05, 4.69) is 4.98 Å². The Hall–Kier alpha value is -1.46. The van der Waals surface area contributed by atoms with E-state index in [0.717, 1.165) is 0 Å². The Kier molecular flexibility index (Phi) is 2.21. The van der Waals surface area contributed by atoms with Gasteiger partial charge in [-0.15, -0.1) is 0 Å². The summed E-state index contributed by atoms with van der Waals surface area (Å²) in [5, 5.41) is 5.74. The van der Waals surface area contributed by atoms with Crippen molar-refractivity contribution >= 4 is 20.9 Å². The molecule has 2 N–H and O–H groups in total. The van der Waals surface area contributed by atoms with E-state index in [1.807, 2.05) is 0 Å². The smallest absolute Gasteiger partial charge is 0.239 e. The first-order valence-corrected chi connectivity index (χ1v) is 5.92. The molecule has 0 spiro atoms. The molecular weight excluding hydrogens is 212 g/mol. The molecule has 0 fully saturated rings. The predicted octanol–water partition coefficient (Wildman–Crippen LogP) is 1.19. The molecule has 0 aliphatic heterocycles. The van der Waals surface area contributed by atoms with Gasteiger partial charge >= 0.3 is 0 Å². The van der Waals surface area contributed by atoms with Crippen LogP contribution in [0.25, 0.3) is 10.9 Å². The van der Waals surface area contributed by atoms with Gasteiger partial charge in [0, 0.05) is 11.6 Å². The zero-order valence-electron chi connectivity index (χ0n) is 8.14. The molecule has 0 bridgehead atoms. The molecule has 0 unspecified atom stereocenters. The highest BCUT2D eigenvalue weighted by molar-refractivity contribution is 7.89. The molecule has 5 heteroatoms. The second-order valence-corrected chi connectivity index (χ2v) is 4.83. The highest BCUT2D eigenvalue weighted by atomic mass is 32.2. The van der Waals surface area contributed by atoms with E-state index in [0.29, 0.717) is 16.5 Å². The first-order chi connectivity index (χ1) is 7.00. The van der Waals surface area contributed by atoms with E-state index >= 15 is 0 Å². The van der Waals surface area contributed by atoms with Gasteiger partial charge in [-0.25, -0.2) is 13.6 Å². The Bertz CT molecular complexity index is 620. The van der Waals surface area contributed by atoms with Gasteiger partial charge in [-0.2, -0.15) is 0 Å². The summed E-state index contributed by atoms with van der Waals surface area (Å²) in [6, 6.07) is 7.02. The van der Waals surface area contributed by atoms with Crippen molar-refractivity contribution in [2.75, 3.05) is 0 Å². The van der Waals surface area contributed by atoms with Crippen molar-refractivity contribution in [1.29, 1.82) is 0 Å². The average molecular weight is 222 g/mol. The van der Waals surface area contributed by atoms with E-state index in [1.165, 1.54) is 6.20 Å². The third kappa shape index (κ3) is 1.71. The monoisotopic (exact) mass is 222 g/mol. The fourth-order valence-corrected chi connectivity index (χ4v) is 2.57. The molecular formula is C10H10N2O2S. The van der Waals surface area contributed by atoms with E-state index in [1.54, 1.807) is 31.2 Å². The number of primary sulfonamides is 1. The number of pyridine rings is 1.